The maximum absolute atomic E-state index is 12.3. The summed E-state index contributed by atoms with van der Waals surface area (Å²) in [5.74, 6) is 1.84. The number of amidine groups is 1. The van der Waals surface area contributed by atoms with Gasteiger partial charge in [0.05, 0.1) is 5.69 Å². The minimum atomic E-state index is -0.243. The maximum atomic E-state index is 12.3. The number of amides is 1. The molecule has 0 unspecified atom stereocenters. The quantitative estimate of drug-likeness (QED) is 0.899. The number of para-hydroxylation sites is 1. The average Bonchev–Trinajstić information content (AvgIpc) is 2.94. The van der Waals surface area contributed by atoms with E-state index in [2.05, 4.69) is 23.3 Å². The second-order valence-corrected chi connectivity index (χ2v) is 7.81. The molecule has 27 heavy (non-hydrogen) atoms. The van der Waals surface area contributed by atoms with Gasteiger partial charge in [0.1, 0.15) is 11.4 Å². The first kappa shape index (κ1) is 17.6. The minimum Gasteiger partial charge on any atom is -0.483 e. The Kier molecular flexibility index (Phi) is 4.38. The summed E-state index contributed by atoms with van der Waals surface area (Å²) in [6.45, 7) is 6.10. The first-order valence-electron chi connectivity index (χ1n) is 9.30. The summed E-state index contributed by atoms with van der Waals surface area (Å²) in [4.78, 5) is 16.9. The van der Waals surface area contributed by atoms with Crippen LogP contribution in [0.15, 0.2) is 41.4 Å². The number of benzene rings is 2. The van der Waals surface area contributed by atoms with Gasteiger partial charge in [0.2, 0.25) is 0 Å². The highest BCUT2D eigenvalue weighted by molar-refractivity contribution is 6.00. The Morgan fingerprint density at radius 1 is 1.22 bits per heavy atom. The Morgan fingerprint density at radius 3 is 2.93 bits per heavy atom. The van der Waals surface area contributed by atoms with Gasteiger partial charge in [-0.15, -0.1) is 0 Å². The number of aliphatic imine (C=N–C) groups is 1. The van der Waals surface area contributed by atoms with E-state index in [1.165, 1.54) is 11.1 Å². The number of hydrogen-bond donors (Lipinski definition) is 1. The van der Waals surface area contributed by atoms with E-state index in [1.54, 1.807) is 0 Å². The highest BCUT2D eigenvalue weighted by Gasteiger charge is 2.32. The zero-order valence-corrected chi connectivity index (χ0v) is 16.0. The van der Waals surface area contributed by atoms with E-state index in [1.807, 2.05) is 44.2 Å². The van der Waals surface area contributed by atoms with Gasteiger partial charge in [-0.05, 0) is 44.9 Å². The molecule has 0 saturated carbocycles. The number of hydrogen-bond acceptors (Lipinski definition) is 4. The smallest absolute Gasteiger partial charge is 0.263 e. The maximum Gasteiger partial charge on any atom is 0.263 e. The van der Waals surface area contributed by atoms with Gasteiger partial charge in [-0.25, -0.2) is 4.99 Å². The van der Waals surface area contributed by atoms with Crippen LogP contribution in [0.4, 0.5) is 5.69 Å². The molecule has 1 amide bonds. The molecule has 0 bridgehead atoms. The zero-order valence-electron chi connectivity index (χ0n) is 16.0. The van der Waals surface area contributed by atoms with Crippen molar-refractivity contribution in [1.82, 2.24) is 5.32 Å². The number of fused-ring (bicyclic) bond motifs is 2. The van der Waals surface area contributed by atoms with E-state index in [-0.39, 0.29) is 18.1 Å². The lowest BCUT2D eigenvalue weighted by molar-refractivity contribution is -0.121. The van der Waals surface area contributed by atoms with E-state index in [4.69, 9.17) is 9.47 Å². The molecule has 2 aromatic rings. The summed E-state index contributed by atoms with van der Waals surface area (Å²) in [5.41, 5.74) is 4.25. The molecule has 0 radical (unpaired) electrons. The molecule has 4 rings (SSSR count). The van der Waals surface area contributed by atoms with Crippen LogP contribution in [-0.2, 0) is 17.6 Å². The van der Waals surface area contributed by atoms with Crippen molar-refractivity contribution in [3.63, 3.8) is 0 Å². The molecule has 140 valence electrons. The molecule has 5 heteroatoms. The van der Waals surface area contributed by atoms with Crippen LogP contribution in [0.3, 0.4) is 0 Å². The van der Waals surface area contributed by atoms with Gasteiger partial charge in [0.25, 0.3) is 5.91 Å². The zero-order chi connectivity index (χ0) is 19.0. The Morgan fingerprint density at radius 2 is 2.07 bits per heavy atom. The highest BCUT2D eigenvalue weighted by atomic mass is 16.5. The molecular weight excluding hydrogens is 340 g/mol. The largest absolute Gasteiger partial charge is 0.483 e. The minimum absolute atomic E-state index is 0.0694. The van der Waals surface area contributed by atoms with E-state index in [9.17, 15) is 4.79 Å². The number of rotatable bonds is 3. The van der Waals surface area contributed by atoms with Crippen molar-refractivity contribution in [3.05, 3.63) is 53.1 Å². The van der Waals surface area contributed by atoms with E-state index in [0.717, 1.165) is 36.3 Å². The fraction of sp³-hybridized carbons (Fsp3) is 0.364. The molecule has 2 aromatic carbocycles. The van der Waals surface area contributed by atoms with E-state index >= 15 is 0 Å². The van der Waals surface area contributed by atoms with Crippen molar-refractivity contribution in [2.24, 2.45) is 4.99 Å². The fourth-order valence-corrected chi connectivity index (χ4v) is 3.61. The molecule has 0 aliphatic carbocycles. The first-order valence-corrected chi connectivity index (χ1v) is 9.30. The van der Waals surface area contributed by atoms with Crippen molar-refractivity contribution >= 4 is 17.4 Å². The second kappa shape index (κ2) is 6.72. The molecule has 0 fully saturated rings. The Labute approximate surface area is 159 Å². The third kappa shape index (κ3) is 3.82. The monoisotopic (exact) mass is 364 g/mol. The summed E-state index contributed by atoms with van der Waals surface area (Å²) in [6, 6.07) is 12.0. The predicted octanol–water partition coefficient (Wildman–Crippen LogP) is 3.88. The molecule has 0 saturated heterocycles. The third-order valence-electron chi connectivity index (χ3n) is 4.82. The van der Waals surface area contributed by atoms with Crippen LogP contribution in [0.1, 0.15) is 37.0 Å². The van der Waals surface area contributed by atoms with Crippen LogP contribution in [-0.4, -0.2) is 24.0 Å². The molecule has 1 N–H and O–H groups in total. The molecule has 2 aliphatic rings. The third-order valence-corrected chi connectivity index (χ3v) is 4.82. The van der Waals surface area contributed by atoms with Crippen LogP contribution >= 0.6 is 0 Å². The lowest BCUT2D eigenvalue weighted by Gasteiger charge is -2.18. The summed E-state index contributed by atoms with van der Waals surface area (Å²) >= 11 is 0. The van der Waals surface area contributed by atoms with Crippen molar-refractivity contribution in [1.29, 1.82) is 0 Å². The van der Waals surface area contributed by atoms with Crippen molar-refractivity contribution in [2.45, 2.75) is 45.6 Å². The fourth-order valence-electron chi connectivity index (χ4n) is 3.61. The SMILES string of the molecule is Cc1ccc2c(c1)CCC(NC(=O)COc1cccc3c1OC(C)(C)C3)=N2. The van der Waals surface area contributed by atoms with Crippen LogP contribution in [0, 0.1) is 6.92 Å². The molecule has 0 atom stereocenters. The topological polar surface area (TPSA) is 59.9 Å². The van der Waals surface area contributed by atoms with Gasteiger partial charge in [0, 0.05) is 18.4 Å². The Hall–Kier alpha value is -2.82. The number of carbonyl (C=O) groups excluding carboxylic acids is 1. The van der Waals surface area contributed by atoms with Gasteiger partial charge < -0.3 is 14.8 Å². The van der Waals surface area contributed by atoms with E-state index in [0.29, 0.717) is 11.6 Å². The lowest BCUT2D eigenvalue weighted by atomic mass is 10.0. The van der Waals surface area contributed by atoms with Crippen LogP contribution in [0.5, 0.6) is 11.5 Å². The lowest BCUT2D eigenvalue weighted by Crippen LogP contribution is -2.35. The van der Waals surface area contributed by atoms with Gasteiger partial charge in [-0.1, -0.05) is 29.8 Å². The molecule has 2 heterocycles. The molecule has 0 spiro atoms. The Bertz CT molecular complexity index is 931. The van der Waals surface area contributed by atoms with Crippen LogP contribution < -0.4 is 14.8 Å². The van der Waals surface area contributed by atoms with Gasteiger partial charge in [-0.2, -0.15) is 0 Å². The molecular formula is C22H24N2O3. The average molecular weight is 364 g/mol. The van der Waals surface area contributed by atoms with Gasteiger partial charge in [-0.3, -0.25) is 4.79 Å². The first-order chi connectivity index (χ1) is 12.9. The molecule has 5 nitrogen and oxygen atoms in total. The van der Waals surface area contributed by atoms with Crippen molar-refractivity contribution in [3.8, 4) is 11.5 Å². The predicted molar refractivity (Wildman–Crippen MR) is 105 cm³/mol. The number of aryl methyl sites for hydroxylation is 2. The van der Waals surface area contributed by atoms with E-state index < -0.39 is 0 Å². The second-order valence-electron chi connectivity index (χ2n) is 7.81. The standard InChI is InChI=1S/C22H24N2O3/c1-14-7-9-17-15(11-14)8-10-19(23-17)24-20(25)13-26-18-6-4-5-16-12-22(2,3)27-21(16)18/h4-7,9,11H,8,10,12-13H2,1-3H3,(H,23,24,25). The molecule has 0 aromatic heterocycles. The molecule has 2 aliphatic heterocycles. The van der Waals surface area contributed by atoms with Crippen LogP contribution in [0.25, 0.3) is 0 Å². The van der Waals surface area contributed by atoms with Gasteiger partial charge in [0.15, 0.2) is 18.1 Å². The summed E-state index contributed by atoms with van der Waals surface area (Å²) in [5, 5.41) is 2.87. The number of nitrogens with one attached hydrogen (secondary N) is 1. The van der Waals surface area contributed by atoms with Gasteiger partial charge >= 0.3 is 0 Å². The van der Waals surface area contributed by atoms with Crippen LogP contribution in [0.2, 0.25) is 0 Å². The number of nitrogens with zero attached hydrogens (tertiary/aromatic N) is 1. The van der Waals surface area contributed by atoms with Crippen molar-refractivity contribution < 1.29 is 14.3 Å². The summed E-state index contributed by atoms with van der Waals surface area (Å²) in [6.07, 6.45) is 2.44. The van der Waals surface area contributed by atoms with Crippen molar-refractivity contribution in [2.75, 3.05) is 6.61 Å². The highest BCUT2D eigenvalue weighted by Crippen LogP contribution is 2.41. The number of ether oxygens (including phenoxy) is 2. The summed E-state index contributed by atoms with van der Waals surface area (Å²) < 4.78 is 11.7. The normalized spacial score (nSPS) is 16.6. The Balaban J connectivity index is 1.39. The summed E-state index contributed by atoms with van der Waals surface area (Å²) in [7, 11) is 0. The number of carbonyl (C=O) groups is 1.